The lowest BCUT2D eigenvalue weighted by Gasteiger charge is -2.28. The van der Waals surface area contributed by atoms with Gasteiger partial charge in [-0.2, -0.15) is 0 Å². The van der Waals surface area contributed by atoms with Crippen LogP contribution in [-0.2, 0) is 11.3 Å². The average molecular weight is 421 g/mol. The van der Waals surface area contributed by atoms with E-state index >= 15 is 0 Å². The summed E-state index contributed by atoms with van der Waals surface area (Å²) in [6.45, 7) is 0.175. The zero-order valence-electron chi connectivity index (χ0n) is 15.9. The molecule has 150 valence electrons. The normalized spacial score (nSPS) is 13.5. The third-order valence-corrected chi connectivity index (χ3v) is 5.51. The van der Waals surface area contributed by atoms with Gasteiger partial charge in [-0.3, -0.25) is 14.9 Å². The highest BCUT2D eigenvalue weighted by atomic mass is 32.1. The van der Waals surface area contributed by atoms with Gasteiger partial charge in [0.1, 0.15) is 17.6 Å². The zero-order valence-corrected chi connectivity index (χ0v) is 16.7. The van der Waals surface area contributed by atoms with Gasteiger partial charge in [0.15, 0.2) is 5.13 Å². The fourth-order valence-electron chi connectivity index (χ4n) is 3.45. The van der Waals surface area contributed by atoms with Crippen molar-refractivity contribution >= 4 is 28.3 Å². The van der Waals surface area contributed by atoms with E-state index in [-0.39, 0.29) is 18.0 Å². The van der Waals surface area contributed by atoms with Crippen LogP contribution in [0.2, 0.25) is 0 Å². The summed E-state index contributed by atoms with van der Waals surface area (Å²) >= 11 is 1.24. The molecule has 0 radical (unpaired) electrons. The van der Waals surface area contributed by atoms with Crippen molar-refractivity contribution in [2.75, 3.05) is 12.4 Å². The molecule has 0 aliphatic carbocycles. The molecule has 1 atom stereocenters. The Balaban J connectivity index is 1.78. The number of amides is 2. The predicted octanol–water partition coefficient (Wildman–Crippen LogP) is 3.61. The van der Waals surface area contributed by atoms with Crippen LogP contribution >= 0.6 is 11.3 Å². The molecule has 4 rings (SSSR count). The van der Waals surface area contributed by atoms with Crippen LogP contribution in [0.25, 0.3) is 0 Å². The maximum absolute atomic E-state index is 14.1. The van der Waals surface area contributed by atoms with E-state index in [4.69, 9.17) is 11.2 Å². The van der Waals surface area contributed by atoms with Gasteiger partial charge >= 0.3 is 0 Å². The minimum Gasteiger partial charge on any atom is -0.496 e. The van der Waals surface area contributed by atoms with Crippen molar-refractivity contribution in [1.82, 2.24) is 9.88 Å². The highest BCUT2D eigenvalue weighted by molar-refractivity contribution is 7.13. The Morgan fingerprint density at radius 3 is 2.90 bits per heavy atom. The molecule has 6 nitrogen and oxygen atoms in total. The average Bonchev–Trinajstić information content (AvgIpc) is 3.36. The topological polar surface area (TPSA) is 71.5 Å². The maximum Gasteiger partial charge on any atom is 0.255 e. The SMILES string of the molecule is C#Cc1ccc2c(c1)C(=O)N(C(C(=O)Nc1nccs1)c1cc(F)ccc1OC)C2. The highest BCUT2D eigenvalue weighted by Crippen LogP contribution is 2.37. The Morgan fingerprint density at radius 1 is 1.37 bits per heavy atom. The third kappa shape index (κ3) is 3.51. The summed E-state index contributed by atoms with van der Waals surface area (Å²) in [6, 6.07) is 7.86. The molecule has 0 saturated heterocycles. The summed E-state index contributed by atoms with van der Waals surface area (Å²) in [5.41, 5.74) is 1.97. The lowest BCUT2D eigenvalue weighted by molar-refractivity contribution is -0.120. The van der Waals surface area contributed by atoms with E-state index in [1.807, 2.05) is 0 Å². The fraction of sp³-hybridized carbons (Fsp3) is 0.136. The number of carbonyl (C=O) groups is 2. The van der Waals surface area contributed by atoms with Crippen molar-refractivity contribution in [2.24, 2.45) is 0 Å². The number of aromatic nitrogens is 1. The van der Waals surface area contributed by atoms with Gasteiger partial charge < -0.3 is 9.64 Å². The van der Waals surface area contributed by atoms with Crippen LogP contribution in [-0.4, -0.2) is 28.8 Å². The number of anilines is 1. The third-order valence-electron chi connectivity index (χ3n) is 4.82. The summed E-state index contributed by atoms with van der Waals surface area (Å²) in [5.74, 6) is 1.37. The van der Waals surface area contributed by atoms with E-state index in [1.165, 1.54) is 41.5 Å². The van der Waals surface area contributed by atoms with Crippen molar-refractivity contribution in [3.8, 4) is 18.1 Å². The molecular formula is C22H16FN3O3S. The first kappa shape index (κ1) is 19.6. The van der Waals surface area contributed by atoms with E-state index in [0.29, 0.717) is 22.0 Å². The second-order valence-electron chi connectivity index (χ2n) is 6.56. The van der Waals surface area contributed by atoms with Gasteiger partial charge in [0, 0.05) is 34.8 Å². The summed E-state index contributed by atoms with van der Waals surface area (Å²) < 4.78 is 19.5. The number of hydrogen-bond acceptors (Lipinski definition) is 5. The van der Waals surface area contributed by atoms with Crippen LogP contribution in [0.3, 0.4) is 0 Å². The van der Waals surface area contributed by atoms with E-state index in [0.717, 1.165) is 5.56 Å². The second-order valence-corrected chi connectivity index (χ2v) is 7.46. The lowest BCUT2D eigenvalue weighted by atomic mass is 10.0. The van der Waals surface area contributed by atoms with Crippen LogP contribution in [0.1, 0.15) is 33.1 Å². The van der Waals surface area contributed by atoms with Gasteiger partial charge in [0.2, 0.25) is 0 Å². The number of terminal acetylenes is 1. The number of carbonyl (C=O) groups excluding carboxylic acids is 2. The number of nitrogens with zero attached hydrogens (tertiary/aromatic N) is 2. The fourth-order valence-corrected chi connectivity index (χ4v) is 3.98. The molecule has 1 N–H and O–H groups in total. The molecule has 0 fully saturated rings. The summed E-state index contributed by atoms with van der Waals surface area (Å²) in [7, 11) is 1.42. The Bertz CT molecular complexity index is 1170. The molecule has 2 aromatic carbocycles. The van der Waals surface area contributed by atoms with Gasteiger partial charge in [0.05, 0.1) is 7.11 Å². The molecule has 1 unspecified atom stereocenters. The molecule has 2 heterocycles. The maximum atomic E-state index is 14.1. The van der Waals surface area contributed by atoms with Gasteiger partial charge in [-0.25, -0.2) is 9.37 Å². The van der Waals surface area contributed by atoms with Crippen LogP contribution in [0.5, 0.6) is 5.75 Å². The number of thiazole rings is 1. The van der Waals surface area contributed by atoms with Crippen LogP contribution in [0.15, 0.2) is 48.0 Å². The Labute approximate surface area is 176 Å². The van der Waals surface area contributed by atoms with E-state index in [9.17, 15) is 14.0 Å². The Kier molecular flexibility index (Phi) is 5.21. The quantitative estimate of drug-likeness (QED) is 0.639. The first-order chi connectivity index (χ1) is 14.5. The van der Waals surface area contributed by atoms with Crippen molar-refractivity contribution in [1.29, 1.82) is 0 Å². The van der Waals surface area contributed by atoms with Gasteiger partial charge in [-0.05, 0) is 35.9 Å². The first-order valence-electron chi connectivity index (χ1n) is 8.96. The van der Waals surface area contributed by atoms with Crippen LogP contribution < -0.4 is 10.1 Å². The molecule has 2 amide bonds. The number of rotatable bonds is 5. The molecule has 0 spiro atoms. The van der Waals surface area contributed by atoms with E-state index in [1.54, 1.807) is 29.8 Å². The molecule has 1 aromatic heterocycles. The number of halogens is 1. The number of methoxy groups -OCH3 is 1. The van der Waals surface area contributed by atoms with E-state index < -0.39 is 17.8 Å². The number of nitrogens with one attached hydrogen (secondary N) is 1. The van der Waals surface area contributed by atoms with Gasteiger partial charge in [-0.15, -0.1) is 17.8 Å². The summed E-state index contributed by atoms with van der Waals surface area (Å²) in [4.78, 5) is 31.9. The van der Waals surface area contributed by atoms with Crippen molar-refractivity contribution in [2.45, 2.75) is 12.6 Å². The molecule has 1 aliphatic rings. The Hall–Kier alpha value is -3.70. The number of fused-ring (bicyclic) bond motifs is 1. The highest BCUT2D eigenvalue weighted by Gasteiger charge is 2.39. The number of ether oxygens (including phenoxy) is 1. The van der Waals surface area contributed by atoms with Gasteiger partial charge in [0.25, 0.3) is 11.8 Å². The van der Waals surface area contributed by atoms with Crippen molar-refractivity contribution in [3.63, 3.8) is 0 Å². The second kappa shape index (κ2) is 7.97. The smallest absolute Gasteiger partial charge is 0.255 e. The monoisotopic (exact) mass is 421 g/mol. The largest absolute Gasteiger partial charge is 0.496 e. The Morgan fingerprint density at radius 2 is 2.20 bits per heavy atom. The first-order valence-corrected chi connectivity index (χ1v) is 9.84. The molecule has 0 saturated carbocycles. The number of benzene rings is 2. The summed E-state index contributed by atoms with van der Waals surface area (Å²) in [6.07, 6.45) is 7.00. The van der Waals surface area contributed by atoms with Crippen LogP contribution in [0.4, 0.5) is 9.52 Å². The van der Waals surface area contributed by atoms with Crippen LogP contribution in [0, 0.1) is 18.2 Å². The minimum absolute atomic E-state index is 0.175. The van der Waals surface area contributed by atoms with Gasteiger partial charge in [-0.1, -0.05) is 12.0 Å². The zero-order chi connectivity index (χ0) is 21.3. The minimum atomic E-state index is -1.13. The standard InChI is InChI=1S/C22H16FN3O3S/c1-3-13-4-5-14-12-26(21(28)16(14)10-13)19(20(27)25-22-24-8-9-30-22)17-11-15(23)6-7-18(17)29-2/h1,4-11,19H,12H2,2H3,(H,24,25,27). The lowest BCUT2D eigenvalue weighted by Crippen LogP contribution is -2.37. The van der Waals surface area contributed by atoms with Crippen molar-refractivity contribution in [3.05, 3.63) is 76.0 Å². The summed E-state index contributed by atoms with van der Waals surface area (Å²) in [5, 5.41) is 4.79. The molecule has 3 aromatic rings. The molecule has 30 heavy (non-hydrogen) atoms. The molecular weight excluding hydrogens is 405 g/mol. The van der Waals surface area contributed by atoms with Crippen molar-refractivity contribution < 1.29 is 18.7 Å². The molecule has 8 heteroatoms. The van der Waals surface area contributed by atoms with E-state index in [2.05, 4.69) is 16.2 Å². The number of hydrogen-bond donors (Lipinski definition) is 1. The molecule has 0 bridgehead atoms. The predicted molar refractivity (Wildman–Crippen MR) is 111 cm³/mol. The molecule has 1 aliphatic heterocycles.